The van der Waals surface area contributed by atoms with Gasteiger partial charge in [-0.2, -0.15) is 26.3 Å². The van der Waals surface area contributed by atoms with Crippen LogP contribution < -0.4 is 0 Å². The lowest BCUT2D eigenvalue weighted by atomic mass is 10.1. The summed E-state index contributed by atoms with van der Waals surface area (Å²) in [6, 6.07) is 9.47. The second kappa shape index (κ2) is 11.1. The number of alkyl halides is 6. The molecule has 0 saturated heterocycles. The number of hydrogen-bond donors (Lipinski definition) is 1. The van der Waals surface area contributed by atoms with Crippen LogP contribution in [0.25, 0.3) is 0 Å². The molecule has 0 aliphatic heterocycles. The topological polar surface area (TPSA) is 94.3 Å². The van der Waals surface area contributed by atoms with Crippen molar-refractivity contribution in [3.8, 4) is 0 Å². The van der Waals surface area contributed by atoms with E-state index in [1.54, 1.807) is 0 Å². The van der Waals surface area contributed by atoms with Gasteiger partial charge in [0.1, 0.15) is 4.75 Å². The van der Waals surface area contributed by atoms with Crippen LogP contribution in [-0.2, 0) is 28.7 Å². The zero-order valence-electron chi connectivity index (χ0n) is 19.9. The van der Waals surface area contributed by atoms with Crippen LogP contribution in [0.1, 0.15) is 41.0 Å². The van der Waals surface area contributed by atoms with Gasteiger partial charge in [0.25, 0.3) is 0 Å². The van der Waals surface area contributed by atoms with Crippen LogP contribution in [0.4, 0.5) is 26.3 Å². The first-order valence-electron chi connectivity index (χ1n) is 10.9. The molecular weight excluding hydrogens is 540 g/mol. The first-order valence-corrected chi connectivity index (χ1v) is 11.7. The molecule has 0 aliphatic rings. The molecule has 1 heterocycles. The van der Waals surface area contributed by atoms with Crippen molar-refractivity contribution in [2.75, 3.05) is 0 Å². The molecule has 0 unspecified atom stereocenters. The molecule has 0 bridgehead atoms. The third-order valence-corrected chi connectivity index (χ3v) is 6.39. The fourth-order valence-electron chi connectivity index (χ4n) is 3.10. The van der Waals surface area contributed by atoms with Crippen molar-refractivity contribution in [2.24, 2.45) is 0 Å². The molecule has 1 aromatic heterocycles. The lowest BCUT2D eigenvalue weighted by molar-refractivity contribution is -0.204. The lowest BCUT2D eigenvalue weighted by Gasteiger charge is -2.20. The summed E-state index contributed by atoms with van der Waals surface area (Å²) in [5, 5.41) is 16.6. The summed E-state index contributed by atoms with van der Waals surface area (Å²) < 4.78 is 83.6. The second-order valence-corrected chi connectivity index (χ2v) is 10.4. The van der Waals surface area contributed by atoms with E-state index in [1.807, 2.05) is 0 Å². The first kappa shape index (κ1) is 29.0. The Morgan fingerprint density at radius 2 is 1.61 bits per heavy atom. The number of thioether (sulfide) groups is 1. The summed E-state index contributed by atoms with van der Waals surface area (Å²) in [4.78, 5) is 24.1. The Morgan fingerprint density at radius 3 is 2.13 bits per heavy atom. The smallest absolute Gasteiger partial charge is 0.425 e. The Bertz CT molecular complexity index is 1270. The van der Waals surface area contributed by atoms with Gasteiger partial charge >= 0.3 is 24.3 Å². The molecule has 0 spiro atoms. The quantitative estimate of drug-likeness (QED) is 0.206. The maximum Gasteiger partial charge on any atom is 0.425 e. The highest BCUT2D eigenvalue weighted by Crippen LogP contribution is 2.33. The Labute approximate surface area is 216 Å². The predicted octanol–water partition coefficient (Wildman–Crippen LogP) is 5.63. The van der Waals surface area contributed by atoms with E-state index in [9.17, 15) is 41.0 Å². The summed E-state index contributed by atoms with van der Waals surface area (Å²) in [5.41, 5.74) is -0.730. The Hall–Kier alpha value is -3.55. The van der Waals surface area contributed by atoms with Gasteiger partial charge in [-0.1, -0.05) is 17.3 Å². The van der Waals surface area contributed by atoms with Crippen molar-refractivity contribution in [1.29, 1.82) is 0 Å². The van der Waals surface area contributed by atoms with Gasteiger partial charge in [-0.3, -0.25) is 4.79 Å². The van der Waals surface area contributed by atoms with Crippen LogP contribution in [0.3, 0.4) is 0 Å². The van der Waals surface area contributed by atoms with E-state index in [1.165, 1.54) is 56.4 Å². The number of halogens is 6. The molecule has 3 aromatic rings. The molecule has 7 nitrogen and oxygen atoms in total. The highest BCUT2D eigenvalue weighted by atomic mass is 32.2. The van der Waals surface area contributed by atoms with Crippen LogP contribution in [-0.4, -0.2) is 49.1 Å². The number of esters is 1. The summed E-state index contributed by atoms with van der Waals surface area (Å²) in [5.74, 6) is -2.30. The average Bonchev–Trinajstić information content (AvgIpc) is 3.24. The van der Waals surface area contributed by atoms with Gasteiger partial charge in [-0.25, -0.2) is 9.48 Å². The van der Waals surface area contributed by atoms with Crippen LogP contribution in [0.5, 0.6) is 0 Å². The van der Waals surface area contributed by atoms with E-state index >= 15 is 0 Å². The number of carboxylic acid groups (broad SMARTS) is 1. The number of carbonyl (C=O) groups excluding carboxylic acids is 1. The second-order valence-electron chi connectivity index (χ2n) is 8.68. The van der Waals surface area contributed by atoms with Gasteiger partial charge in [0.2, 0.25) is 6.10 Å². The van der Waals surface area contributed by atoms with Gasteiger partial charge in [-0.15, -0.1) is 16.9 Å². The van der Waals surface area contributed by atoms with E-state index in [4.69, 9.17) is 4.74 Å². The van der Waals surface area contributed by atoms with Crippen molar-refractivity contribution >= 4 is 23.7 Å². The number of ether oxygens (including phenoxy) is 1. The molecule has 204 valence electrons. The van der Waals surface area contributed by atoms with Crippen molar-refractivity contribution < 1.29 is 45.8 Å². The number of carbonyl (C=O) groups is 2. The summed E-state index contributed by atoms with van der Waals surface area (Å²) in [6.07, 6.45) is -11.6. The van der Waals surface area contributed by atoms with Gasteiger partial charge in [-0.05, 0) is 55.8 Å². The zero-order valence-corrected chi connectivity index (χ0v) is 20.7. The Morgan fingerprint density at radius 1 is 1.00 bits per heavy atom. The Kier molecular flexibility index (Phi) is 8.44. The number of carboxylic acids is 1. The lowest BCUT2D eigenvalue weighted by Crippen LogP contribution is -2.36. The predicted molar refractivity (Wildman–Crippen MR) is 124 cm³/mol. The van der Waals surface area contributed by atoms with Crippen LogP contribution in [0, 0.1) is 0 Å². The Balaban J connectivity index is 1.66. The molecule has 14 heteroatoms. The minimum atomic E-state index is -4.92. The third-order valence-electron chi connectivity index (χ3n) is 5.20. The number of hydrogen-bond acceptors (Lipinski definition) is 6. The summed E-state index contributed by atoms with van der Waals surface area (Å²) in [7, 11) is 0. The van der Waals surface area contributed by atoms with E-state index < -0.39 is 47.1 Å². The monoisotopic (exact) mass is 561 g/mol. The molecule has 0 amide bonds. The van der Waals surface area contributed by atoms with Crippen LogP contribution in [0.2, 0.25) is 0 Å². The molecular formula is C24H21F6N3O4S. The zero-order chi connectivity index (χ0) is 28.3. The van der Waals surface area contributed by atoms with Crippen molar-refractivity contribution in [1.82, 2.24) is 15.0 Å². The average molecular weight is 562 g/mol. The van der Waals surface area contributed by atoms with E-state index in [-0.39, 0.29) is 17.8 Å². The van der Waals surface area contributed by atoms with Crippen molar-refractivity contribution in [3.05, 3.63) is 77.1 Å². The molecule has 0 radical (unpaired) electrons. The van der Waals surface area contributed by atoms with Crippen molar-refractivity contribution in [2.45, 2.75) is 54.9 Å². The fraction of sp³-hybridized carbons (Fsp3) is 0.333. The van der Waals surface area contributed by atoms with Gasteiger partial charge < -0.3 is 9.84 Å². The highest BCUT2D eigenvalue weighted by Gasteiger charge is 2.43. The van der Waals surface area contributed by atoms with Gasteiger partial charge in [0.05, 0.1) is 23.4 Å². The number of rotatable bonds is 9. The molecule has 0 aliphatic carbocycles. The van der Waals surface area contributed by atoms with Gasteiger partial charge in [0, 0.05) is 17.5 Å². The fourth-order valence-corrected chi connectivity index (χ4v) is 4.05. The maximum absolute atomic E-state index is 13.6. The largest absolute Gasteiger partial charge is 0.480 e. The van der Waals surface area contributed by atoms with Gasteiger partial charge in [0.15, 0.2) is 0 Å². The van der Waals surface area contributed by atoms with Crippen molar-refractivity contribution in [3.63, 3.8) is 0 Å². The molecule has 1 atom stereocenters. The molecule has 1 N–H and O–H groups in total. The normalized spacial score (nSPS) is 13.3. The van der Waals surface area contributed by atoms with E-state index in [2.05, 4.69) is 10.3 Å². The SMILES string of the molecule is CC(C)(Sc1ccc(C(=O)O[C@@H](Cc2cn(Cc3ccc(C(F)(F)F)cc3)nn2)C(F)(F)F)cc1)C(=O)O. The number of aromatic nitrogens is 3. The first-order chi connectivity index (χ1) is 17.5. The van der Waals surface area contributed by atoms with E-state index in [0.29, 0.717) is 10.5 Å². The molecule has 3 rings (SSSR count). The third kappa shape index (κ3) is 7.73. The summed E-state index contributed by atoms with van der Waals surface area (Å²) in [6.45, 7) is 2.93. The number of aliphatic carboxylic acids is 1. The minimum absolute atomic E-state index is 0.0370. The van der Waals surface area contributed by atoms with E-state index in [0.717, 1.165) is 28.6 Å². The molecule has 2 aromatic carbocycles. The number of nitrogens with zero attached hydrogens (tertiary/aromatic N) is 3. The molecule has 0 fully saturated rings. The van der Waals surface area contributed by atoms with Crippen LogP contribution >= 0.6 is 11.8 Å². The van der Waals surface area contributed by atoms with Crippen LogP contribution in [0.15, 0.2) is 59.6 Å². The molecule has 0 saturated carbocycles. The maximum atomic E-state index is 13.6. The minimum Gasteiger partial charge on any atom is -0.480 e. The highest BCUT2D eigenvalue weighted by molar-refractivity contribution is 8.01. The molecule has 38 heavy (non-hydrogen) atoms. The summed E-state index contributed by atoms with van der Waals surface area (Å²) >= 11 is 1.000. The number of benzene rings is 2. The standard InChI is InChI=1S/C24H21F6N3O4S/c1-22(2,21(35)36)38-18-9-5-15(6-10-18)20(34)37-19(24(28,29)30)11-17-13-33(32-31-17)12-14-3-7-16(8-4-14)23(25,26)27/h3-10,13,19H,11-12H2,1-2H3,(H,35,36)/t19-/m0/s1.